The van der Waals surface area contributed by atoms with Crippen molar-refractivity contribution in [3.63, 3.8) is 0 Å². The largest absolute Gasteiger partial charge is 0.479 e. The summed E-state index contributed by atoms with van der Waals surface area (Å²) in [5.74, 6) is 0.649. The van der Waals surface area contributed by atoms with Crippen molar-refractivity contribution in [1.82, 2.24) is 0 Å². The van der Waals surface area contributed by atoms with Crippen LogP contribution < -0.4 is 21.1 Å². The molecule has 3 atom stereocenters. The number of carbonyl (C=O) groups is 2. The molecule has 118 valence electrons. The van der Waals surface area contributed by atoms with Gasteiger partial charge in [0.25, 0.3) is 5.91 Å². The Kier molecular flexibility index (Phi) is 4.02. The standard InChI is InChI=1S/C16H21N3O3/c1-9-16(21)19-13-8-11(5-6-14(13)22-9)18-15(20)7-10-3-2-4-12(10)17/h5-6,8-10,12H,2-4,7,17H2,1H3,(H,18,20)(H,19,21)/t9?,10-,12+/m0/s1. The molecule has 3 rings (SSSR count). The number of fused-ring (bicyclic) bond motifs is 1. The number of rotatable bonds is 3. The predicted octanol–water partition coefficient (Wildman–Crippen LogP) is 1.86. The summed E-state index contributed by atoms with van der Waals surface area (Å²) in [5, 5.41) is 5.63. The number of hydrogen-bond donors (Lipinski definition) is 3. The number of benzene rings is 1. The van der Waals surface area contributed by atoms with Crippen LogP contribution in [-0.2, 0) is 9.59 Å². The van der Waals surface area contributed by atoms with Gasteiger partial charge in [-0.15, -0.1) is 0 Å². The second-order valence-electron chi connectivity index (χ2n) is 6.07. The number of nitrogens with one attached hydrogen (secondary N) is 2. The quantitative estimate of drug-likeness (QED) is 0.794. The number of carbonyl (C=O) groups excluding carboxylic acids is 2. The molecule has 1 aliphatic carbocycles. The summed E-state index contributed by atoms with van der Waals surface area (Å²) in [6.45, 7) is 1.69. The number of amides is 2. The molecule has 0 saturated heterocycles. The van der Waals surface area contributed by atoms with Crippen LogP contribution >= 0.6 is 0 Å². The highest BCUT2D eigenvalue weighted by molar-refractivity contribution is 5.99. The number of nitrogens with two attached hydrogens (primary N) is 1. The maximum absolute atomic E-state index is 12.1. The first-order valence-electron chi connectivity index (χ1n) is 7.70. The van der Waals surface area contributed by atoms with Crippen LogP contribution in [0.3, 0.4) is 0 Å². The molecule has 0 radical (unpaired) electrons. The maximum atomic E-state index is 12.1. The van der Waals surface area contributed by atoms with Crippen LogP contribution in [-0.4, -0.2) is 24.0 Å². The fourth-order valence-corrected chi connectivity index (χ4v) is 3.06. The van der Waals surface area contributed by atoms with Crippen LogP contribution in [0.1, 0.15) is 32.6 Å². The number of anilines is 2. The molecular formula is C16H21N3O3. The molecule has 22 heavy (non-hydrogen) atoms. The molecule has 0 bridgehead atoms. The van der Waals surface area contributed by atoms with Crippen molar-refractivity contribution in [2.24, 2.45) is 11.7 Å². The summed E-state index contributed by atoms with van der Waals surface area (Å²) in [4.78, 5) is 23.7. The minimum Gasteiger partial charge on any atom is -0.479 e. The zero-order chi connectivity index (χ0) is 15.7. The minimum atomic E-state index is -0.503. The van der Waals surface area contributed by atoms with E-state index in [9.17, 15) is 9.59 Å². The predicted molar refractivity (Wildman–Crippen MR) is 83.7 cm³/mol. The van der Waals surface area contributed by atoms with Gasteiger partial charge in [-0.2, -0.15) is 0 Å². The van der Waals surface area contributed by atoms with E-state index in [1.807, 2.05) is 0 Å². The van der Waals surface area contributed by atoms with Crippen LogP contribution in [0.25, 0.3) is 0 Å². The average molecular weight is 303 g/mol. The lowest BCUT2D eigenvalue weighted by Crippen LogP contribution is -2.34. The second-order valence-corrected chi connectivity index (χ2v) is 6.07. The van der Waals surface area contributed by atoms with E-state index in [-0.39, 0.29) is 23.8 Å². The lowest BCUT2D eigenvalue weighted by molar-refractivity contribution is -0.122. The van der Waals surface area contributed by atoms with Gasteiger partial charge in [0.15, 0.2) is 6.10 Å². The molecule has 1 aliphatic heterocycles. The zero-order valence-electron chi connectivity index (χ0n) is 12.6. The third-order valence-corrected chi connectivity index (χ3v) is 4.36. The van der Waals surface area contributed by atoms with Gasteiger partial charge in [-0.3, -0.25) is 9.59 Å². The van der Waals surface area contributed by atoms with Gasteiger partial charge in [0, 0.05) is 18.2 Å². The van der Waals surface area contributed by atoms with Crippen molar-refractivity contribution >= 4 is 23.2 Å². The van der Waals surface area contributed by atoms with E-state index in [0.717, 1.165) is 19.3 Å². The van der Waals surface area contributed by atoms with Crippen molar-refractivity contribution in [2.75, 3.05) is 10.6 Å². The van der Waals surface area contributed by atoms with Crippen LogP contribution in [0.4, 0.5) is 11.4 Å². The smallest absolute Gasteiger partial charge is 0.265 e. The molecular weight excluding hydrogens is 282 g/mol. The van der Waals surface area contributed by atoms with E-state index < -0.39 is 6.10 Å². The molecule has 0 spiro atoms. The highest BCUT2D eigenvalue weighted by Gasteiger charge is 2.27. The van der Waals surface area contributed by atoms with Crippen molar-refractivity contribution in [3.8, 4) is 5.75 Å². The molecule has 1 heterocycles. The monoisotopic (exact) mass is 303 g/mol. The number of ether oxygens (including phenoxy) is 1. The molecule has 1 aromatic carbocycles. The zero-order valence-corrected chi connectivity index (χ0v) is 12.6. The van der Waals surface area contributed by atoms with Crippen LogP contribution in [0.15, 0.2) is 18.2 Å². The molecule has 0 aromatic heterocycles. The lowest BCUT2D eigenvalue weighted by atomic mass is 10.00. The van der Waals surface area contributed by atoms with Crippen LogP contribution in [0.2, 0.25) is 0 Å². The molecule has 1 fully saturated rings. The number of hydrogen-bond acceptors (Lipinski definition) is 4. The Morgan fingerprint density at radius 2 is 2.27 bits per heavy atom. The van der Waals surface area contributed by atoms with E-state index in [1.54, 1.807) is 25.1 Å². The minimum absolute atomic E-state index is 0.0428. The van der Waals surface area contributed by atoms with E-state index in [4.69, 9.17) is 10.5 Å². The van der Waals surface area contributed by atoms with Gasteiger partial charge in [-0.1, -0.05) is 6.42 Å². The summed E-state index contributed by atoms with van der Waals surface area (Å²) in [7, 11) is 0. The van der Waals surface area contributed by atoms with E-state index in [2.05, 4.69) is 10.6 Å². The second kappa shape index (κ2) is 5.96. The topological polar surface area (TPSA) is 93.4 Å². The summed E-state index contributed by atoms with van der Waals surface area (Å²) < 4.78 is 5.48. The Balaban J connectivity index is 1.64. The Hall–Kier alpha value is -2.08. The normalized spacial score (nSPS) is 26.8. The Labute approximate surface area is 129 Å². The third kappa shape index (κ3) is 3.06. The summed E-state index contributed by atoms with van der Waals surface area (Å²) >= 11 is 0. The Morgan fingerprint density at radius 1 is 1.45 bits per heavy atom. The van der Waals surface area contributed by atoms with Gasteiger partial charge in [-0.05, 0) is 43.9 Å². The molecule has 1 aromatic rings. The molecule has 4 N–H and O–H groups in total. The van der Waals surface area contributed by atoms with E-state index in [1.165, 1.54) is 0 Å². The average Bonchev–Trinajstić information content (AvgIpc) is 2.86. The molecule has 6 nitrogen and oxygen atoms in total. The van der Waals surface area contributed by atoms with Crippen molar-refractivity contribution in [3.05, 3.63) is 18.2 Å². The molecule has 2 amide bonds. The first kappa shape index (κ1) is 14.8. The summed E-state index contributed by atoms with van der Waals surface area (Å²) in [6, 6.07) is 5.37. The summed E-state index contributed by atoms with van der Waals surface area (Å²) in [6.07, 6.45) is 3.05. The highest BCUT2D eigenvalue weighted by atomic mass is 16.5. The molecule has 2 aliphatic rings. The molecule has 1 unspecified atom stereocenters. The summed E-state index contributed by atoms with van der Waals surface area (Å²) in [5.41, 5.74) is 7.22. The van der Waals surface area contributed by atoms with Gasteiger partial charge in [0.05, 0.1) is 5.69 Å². The van der Waals surface area contributed by atoms with Gasteiger partial charge in [-0.25, -0.2) is 0 Å². The fraction of sp³-hybridized carbons (Fsp3) is 0.500. The van der Waals surface area contributed by atoms with Crippen molar-refractivity contribution in [1.29, 1.82) is 0 Å². The SMILES string of the molecule is CC1Oc2ccc(NC(=O)C[C@@H]3CCC[C@H]3N)cc2NC1=O. The van der Waals surface area contributed by atoms with Gasteiger partial charge in [0.2, 0.25) is 5.91 Å². The van der Waals surface area contributed by atoms with E-state index in [0.29, 0.717) is 23.5 Å². The van der Waals surface area contributed by atoms with Crippen LogP contribution in [0, 0.1) is 5.92 Å². The third-order valence-electron chi connectivity index (χ3n) is 4.36. The van der Waals surface area contributed by atoms with Crippen LogP contribution in [0.5, 0.6) is 5.75 Å². The first-order valence-corrected chi connectivity index (χ1v) is 7.70. The van der Waals surface area contributed by atoms with Crippen molar-refractivity contribution < 1.29 is 14.3 Å². The Bertz CT molecular complexity index is 602. The molecule has 1 saturated carbocycles. The van der Waals surface area contributed by atoms with Gasteiger partial charge >= 0.3 is 0 Å². The molecule has 6 heteroatoms. The Morgan fingerprint density at radius 3 is 3.00 bits per heavy atom. The maximum Gasteiger partial charge on any atom is 0.265 e. The van der Waals surface area contributed by atoms with E-state index >= 15 is 0 Å². The fourth-order valence-electron chi connectivity index (χ4n) is 3.06. The highest BCUT2D eigenvalue weighted by Crippen LogP contribution is 2.32. The lowest BCUT2D eigenvalue weighted by Gasteiger charge is -2.23. The van der Waals surface area contributed by atoms with Crippen molar-refractivity contribution in [2.45, 2.75) is 44.8 Å². The van der Waals surface area contributed by atoms with Gasteiger partial charge < -0.3 is 21.1 Å². The first-order chi connectivity index (χ1) is 10.5. The van der Waals surface area contributed by atoms with Gasteiger partial charge in [0.1, 0.15) is 5.75 Å².